The van der Waals surface area contributed by atoms with Crippen molar-refractivity contribution in [2.75, 3.05) is 0 Å². The second kappa shape index (κ2) is 7.35. The van der Waals surface area contributed by atoms with Crippen molar-refractivity contribution >= 4 is 5.78 Å². The lowest BCUT2D eigenvalue weighted by Gasteiger charge is -2.68. The van der Waals surface area contributed by atoms with E-state index < -0.39 is 0 Å². The number of aliphatic hydroxyl groups is 1. The fraction of sp³-hybridized carbons (Fsp3) is 0.963. The molecule has 4 rings (SSSR count). The fourth-order valence-corrected chi connectivity index (χ4v) is 9.85. The molecule has 0 aromatic rings. The van der Waals surface area contributed by atoms with Gasteiger partial charge in [-0.05, 0) is 116 Å². The van der Waals surface area contributed by atoms with Crippen molar-refractivity contribution in [3.05, 3.63) is 0 Å². The molecule has 0 aromatic heterocycles. The van der Waals surface area contributed by atoms with Crippen LogP contribution in [-0.2, 0) is 4.79 Å². The summed E-state index contributed by atoms with van der Waals surface area (Å²) in [5.41, 5.74) is 1.32. The Morgan fingerprint density at radius 1 is 1.00 bits per heavy atom. The molecule has 4 aliphatic rings. The second-order valence-corrected chi connectivity index (χ2v) is 12.7. The highest BCUT2D eigenvalue weighted by molar-refractivity contribution is 5.75. The van der Waals surface area contributed by atoms with Crippen LogP contribution < -0.4 is 0 Å². The maximum absolute atomic E-state index is 11.6. The number of hydrogen-bond acceptors (Lipinski definition) is 2. The zero-order valence-corrected chi connectivity index (χ0v) is 20.0. The monoisotopic (exact) mass is 402 g/mol. The van der Waals surface area contributed by atoms with Gasteiger partial charge in [-0.2, -0.15) is 0 Å². The van der Waals surface area contributed by atoms with E-state index in [2.05, 4.69) is 34.6 Å². The molecule has 4 aliphatic carbocycles. The van der Waals surface area contributed by atoms with Crippen LogP contribution in [0.3, 0.4) is 0 Å². The first kappa shape index (κ1) is 21.8. The van der Waals surface area contributed by atoms with Gasteiger partial charge in [0.15, 0.2) is 0 Å². The summed E-state index contributed by atoms with van der Waals surface area (Å²) in [7, 11) is 0. The van der Waals surface area contributed by atoms with Gasteiger partial charge >= 0.3 is 0 Å². The Labute approximate surface area is 179 Å². The van der Waals surface area contributed by atoms with E-state index in [1.54, 1.807) is 6.92 Å². The van der Waals surface area contributed by atoms with Gasteiger partial charge in [-0.15, -0.1) is 0 Å². The smallest absolute Gasteiger partial charge is 0.129 e. The van der Waals surface area contributed by atoms with Gasteiger partial charge in [-0.1, -0.05) is 34.6 Å². The quantitative estimate of drug-likeness (QED) is 0.572. The van der Waals surface area contributed by atoms with Gasteiger partial charge in [0, 0.05) is 6.42 Å². The Hall–Kier alpha value is -0.370. The molecule has 4 saturated carbocycles. The molecule has 0 radical (unpaired) electrons. The van der Waals surface area contributed by atoms with Crippen molar-refractivity contribution in [2.24, 2.45) is 51.8 Å². The first-order valence-electron chi connectivity index (χ1n) is 12.7. The highest BCUT2D eigenvalue weighted by atomic mass is 16.3. The van der Waals surface area contributed by atoms with Crippen molar-refractivity contribution < 1.29 is 9.90 Å². The normalized spacial score (nSPS) is 52.9. The van der Waals surface area contributed by atoms with Gasteiger partial charge in [-0.3, -0.25) is 0 Å². The summed E-state index contributed by atoms with van der Waals surface area (Å²) >= 11 is 0. The minimum absolute atomic E-state index is 0.0588. The molecule has 0 saturated heterocycles. The molecule has 0 aliphatic heterocycles. The van der Waals surface area contributed by atoms with Crippen LogP contribution in [0.15, 0.2) is 0 Å². The number of ketones is 1. The van der Waals surface area contributed by atoms with E-state index in [9.17, 15) is 9.90 Å². The minimum atomic E-state index is -0.0588. The van der Waals surface area contributed by atoms with E-state index in [4.69, 9.17) is 0 Å². The summed E-state index contributed by atoms with van der Waals surface area (Å²) in [6.07, 6.45) is 11.9. The summed E-state index contributed by atoms with van der Waals surface area (Å²) in [5.74, 6) is 4.93. The van der Waals surface area contributed by atoms with E-state index in [-0.39, 0.29) is 6.10 Å². The predicted molar refractivity (Wildman–Crippen MR) is 119 cm³/mol. The van der Waals surface area contributed by atoms with Crippen LogP contribution in [-0.4, -0.2) is 17.0 Å². The molecule has 166 valence electrons. The second-order valence-electron chi connectivity index (χ2n) is 12.7. The number of Topliss-reactive ketones (excluding diaryl/α,β-unsaturated/α-hetero) is 1. The molecule has 0 aromatic carbocycles. The standard InChI is InChI=1S/C27H46O2/c1-17(7-8-19(3)28)22-9-10-23-26(22,5)14-12-24-25(4)13-11-21(29)16-20(25)15-18(2)27(23,24)6/h17-18,20-24,29H,7-16H2,1-6H3/t17-,18?,20?,21-,22?,23-,24-,25?,26?,27?/m1/s1. The van der Waals surface area contributed by atoms with Crippen LogP contribution in [0.2, 0.25) is 0 Å². The molecular formula is C27H46O2. The van der Waals surface area contributed by atoms with Gasteiger partial charge in [0.05, 0.1) is 6.10 Å². The number of carbonyl (C=O) groups excluding carboxylic acids is 1. The van der Waals surface area contributed by atoms with E-state index >= 15 is 0 Å². The van der Waals surface area contributed by atoms with Crippen LogP contribution in [0.5, 0.6) is 0 Å². The number of fused-ring (bicyclic) bond motifs is 5. The van der Waals surface area contributed by atoms with Crippen LogP contribution in [0.25, 0.3) is 0 Å². The molecule has 0 amide bonds. The molecule has 4 fully saturated rings. The SMILES string of the molecule is CC(=O)CC[C@@H](C)C1CC[C@@H]2C1(C)CC[C@@H]1C3(C)CC[C@@H](O)CC3CC(C)C12C. The minimum Gasteiger partial charge on any atom is -0.393 e. The van der Waals surface area contributed by atoms with Gasteiger partial charge in [0.2, 0.25) is 0 Å². The summed E-state index contributed by atoms with van der Waals surface area (Å²) in [4.78, 5) is 11.6. The number of aliphatic hydroxyl groups excluding tert-OH is 1. The van der Waals surface area contributed by atoms with Crippen LogP contribution in [0.4, 0.5) is 0 Å². The lowest BCUT2D eigenvalue weighted by atomic mass is 9.37. The Balaban J connectivity index is 1.62. The molecule has 2 nitrogen and oxygen atoms in total. The Kier molecular flexibility index (Phi) is 5.54. The van der Waals surface area contributed by atoms with Crippen LogP contribution in [0.1, 0.15) is 106 Å². The molecule has 6 unspecified atom stereocenters. The van der Waals surface area contributed by atoms with Gasteiger partial charge in [0.25, 0.3) is 0 Å². The Morgan fingerprint density at radius 2 is 1.66 bits per heavy atom. The molecular weight excluding hydrogens is 356 g/mol. The first-order chi connectivity index (χ1) is 13.5. The van der Waals surface area contributed by atoms with E-state index in [1.165, 1.54) is 38.5 Å². The maximum Gasteiger partial charge on any atom is 0.129 e. The third-order valence-electron chi connectivity index (χ3n) is 11.5. The number of carbonyl (C=O) groups is 1. The third kappa shape index (κ3) is 3.17. The van der Waals surface area contributed by atoms with Crippen molar-refractivity contribution in [1.29, 1.82) is 0 Å². The Bertz CT molecular complexity index is 642. The van der Waals surface area contributed by atoms with E-state index in [0.717, 1.165) is 55.3 Å². The fourth-order valence-electron chi connectivity index (χ4n) is 9.85. The zero-order valence-electron chi connectivity index (χ0n) is 20.0. The maximum atomic E-state index is 11.6. The summed E-state index contributed by atoms with van der Waals surface area (Å²) in [5, 5.41) is 10.4. The highest BCUT2D eigenvalue weighted by Crippen LogP contribution is 2.74. The largest absolute Gasteiger partial charge is 0.393 e. The van der Waals surface area contributed by atoms with Crippen molar-refractivity contribution in [1.82, 2.24) is 0 Å². The lowest BCUT2D eigenvalue weighted by molar-refractivity contribution is -0.201. The van der Waals surface area contributed by atoms with Crippen molar-refractivity contribution in [3.8, 4) is 0 Å². The van der Waals surface area contributed by atoms with Gasteiger partial charge < -0.3 is 9.90 Å². The van der Waals surface area contributed by atoms with E-state index in [1.807, 2.05) is 0 Å². The van der Waals surface area contributed by atoms with Gasteiger partial charge in [-0.25, -0.2) is 0 Å². The Morgan fingerprint density at radius 3 is 2.34 bits per heavy atom. The molecule has 1 N–H and O–H groups in total. The molecule has 0 heterocycles. The summed E-state index contributed by atoms with van der Waals surface area (Å²) in [6, 6.07) is 0. The summed E-state index contributed by atoms with van der Waals surface area (Å²) < 4.78 is 0. The topological polar surface area (TPSA) is 37.3 Å². The van der Waals surface area contributed by atoms with Crippen molar-refractivity contribution in [3.63, 3.8) is 0 Å². The molecule has 10 atom stereocenters. The average molecular weight is 403 g/mol. The first-order valence-corrected chi connectivity index (χ1v) is 12.7. The molecule has 0 spiro atoms. The van der Waals surface area contributed by atoms with Crippen LogP contribution in [0, 0.1) is 51.8 Å². The lowest BCUT2D eigenvalue weighted by Crippen LogP contribution is -2.62. The number of rotatable bonds is 4. The average Bonchev–Trinajstić information content (AvgIpc) is 3.00. The highest BCUT2D eigenvalue weighted by Gasteiger charge is 2.67. The van der Waals surface area contributed by atoms with Gasteiger partial charge in [0.1, 0.15) is 5.78 Å². The summed E-state index contributed by atoms with van der Waals surface area (Å²) in [6.45, 7) is 14.6. The molecule has 0 bridgehead atoms. The number of hydrogen-bond donors (Lipinski definition) is 1. The van der Waals surface area contributed by atoms with E-state index in [0.29, 0.717) is 27.9 Å². The van der Waals surface area contributed by atoms with Crippen molar-refractivity contribution in [2.45, 2.75) is 112 Å². The molecule has 2 heteroatoms. The van der Waals surface area contributed by atoms with Crippen LogP contribution >= 0.6 is 0 Å². The third-order valence-corrected chi connectivity index (χ3v) is 11.5. The zero-order chi connectivity index (χ0) is 21.2. The predicted octanol–water partition coefficient (Wildman–Crippen LogP) is 6.65. The molecule has 29 heavy (non-hydrogen) atoms.